The lowest BCUT2D eigenvalue weighted by atomic mass is 9.96. The molecule has 3 N–H and O–H groups in total. The van der Waals surface area contributed by atoms with Crippen LogP contribution in [0.15, 0.2) is 12.1 Å². The molecular formula is C13H20O3. The van der Waals surface area contributed by atoms with Crippen LogP contribution in [0.5, 0.6) is 5.75 Å². The topological polar surface area (TPSA) is 60.7 Å². The van der Waals surface area contributed by atoms with Gasteiger partial charge in [0.25, 0.3) is 0 Å². The van der Waals surface area contributed by atoms with E-state index in [0.717, 1.165) is 16.7 Å². The smallest absolute Gasteiger partial charge is 0.116 e. The van der Waals surface area contributed by atoms with Gasteiger partial charge in [0.05, 0.1) is 12.2 Å². The number of aliphatic hydroxyl groups is 2. The highest BCUT2D eigenvalue weighted by Crippen LogP contribution is 2.22. The normalized spacial score (nSPS) is 14.8. The summed E-state index contributed by atoms with van der Waals surface area (Å²) in [5, 5.41) is 28.1. The predicted octanol–water partition coefficient (Wildman–Crippen LogP) is 1.68. The van der Waals surface area contributed by atoms with Gasteiger partial charge in [-0.15, -0.1) is 0 Å². The van der Waals surface area contributed by atoms with Gasteiger partial charge in [-0.3, -0.25) is 0 Å². The second kappa shape index (κ2) is 5.32. The van der Waals surface area contributed by atoms with Crippen LogP contribution in [0, 0.1) is 13.8 Å². The Morgan fingerprint density at radius 3 is 2.06 bits per heavy atom. The van der Waals surface area contributed by atoms with Crippen molar-refractivity contribution in [1.82, 2.24) is 0 Å². The van der Waals surface area contributed by atoms with Crippen LogP contribution in [0.4, 0.5) is 0 Å². The first kappa shape index (κ1) is 13.0. The molecule has 1 aromatic rings. The van der Waals surface area contributed by atoms with Crippen molar-refractivity contribution >= 4 is 0 Å². The van der Waals surface area contributed by atoms with Gasteiger partial charge in [0.15, 0.2) is 0 Å². The Labute approximate surface area is 96.4 Å². The summed E-state index contributed by atoms with van der Waals surface area (Å²) in [5.74, 6) is 0.273. The molecule has 0 aliphatic rings. The first-order valence-electron chi connectivity index (χ1n) is 5.57. The van der Waals surface area contributed by atoms with Crippen molar-refractivity contribution in [2.24, 2.45) is 0 Å². The van der Waals surface area contributed by atoms with Crippen molar-refractivity contribution in [2.75, 3.05) is 0 Å². The summed E-state index contributed by atoms with van der Waals surface area (Å²) in [6.07, 6.45) is -0.140. The molecule has 3 heteroatoms. The van der Waals surface area contributed by atoms with Gasteiger partial charge in [0, 0.05) is 0 Å². The second-order valence-corrected chi connectivity index (χ2v) is 4.40. The van der Waals surface area contributed by atoms with E-state index < -0.39 is 12.2 Å². The molecule has 0 fully saturated rings. The molecule has 0 amide bonds. The standard InChI is InChI=1S/C13H20O3/c1-8-6-11(15)7-9(2)12(8)4-5-13(16)10(3)14/h6-7,10,13-16H,4-5H2,1-3H3. The summed E-state index contributed by atoms with van der Waals surface area (Å²) >= 11 is 0. The molecule has 0 radical (unpaired) electrons. The SMILES string of the molecule is Cc1cc(O)cc(C)c1CCC(O)C(C)O. The molecule has 0 spiro atoms. The molecule has 1 aromatic carbocycles. The zero-order chi connectivity index (χ0) is 12.3. The lowest BCUT2D eigenvalue weighted by Gasteiger charge is -2.15. The Kier molecular flexibility index (Phi) is 4.33. The van der Waals surface area contributed by atoms with Crippen LogP contribution >= 0.6 is 0 Å². The third kappa shape index (κ3) is 3.22. The zero-order valence-corrected chi connectivity index (χ0v) is 10.1. The summed E-state index contributed by atoms with van der Waals surface area (Å²) in [5.41, 5.74) is 3.18. The van der Waals surface area contributed by atoms with Crippen LogP contribution in [-0.4, -0.2) is 27.5 Å². The van der Waals surface area contributed by atoms with Gasteiger partial charge in [-0.2, -0.15) is 0 Å². The van der Waals surface area contributed by atoms with Crippen molar-refractivity contribution in [3.05, 3.63) is 28.8 Å². The van der Waals surface area contributed by atoms with E-state index in [1.54, 1.807) is 19.1 Å². The number of rotatable bonds is 4. The van der Waals surface area contributed by atoms with Gasteiger partial charge in [-0.05, 0) is 62.4 Å². The largest absolute Gasteiger partial charge is 0.508 e. The fraction of sp³-hybridized carbons (Fsp3) is 0.538. The van der Waals surface area contributed by atoms with Gasteiger partial charge >= 0.3 is 0 Å². The van der Waals surface area contributed by atoms with Crippen molar-refractivity contribution in [2.45, 2.75) is 45.8 Å². The monoisotopic (exact) mass is 224 g/mol. The molecule has 90 valence electrons. The fourth-order valence-corrected chi connectivity index (χ4v) is 1.90. The summed E-state index contributed by atoms with van der Waals surface area (Å²) < 4.78 is 0. The van der Waals surface area contributed by atoms with Crippen LogP contribution in [-0.2, 0) is 6.42 Å². The maximum absolute atomic E-state index is 9.52. The third-order valence-electron chi connectivity index (χ3n) is 2.93. The minimum Gasteiger partial charge on any atom is -0.508 e. The highest BCUT2D eigenvalue weighted by Gasteiger charge is 2.12. The van der Waals surface area contributed by atoms with E-state index in [1.165, 1.54) is 0 Å². The first-order chi connectivity index (χ1) is 7.41. The fourth-order valence-electron chi connectivity index (χ4n) is 1.90. The lowest BCUT2D eigenvalue weighted by molar-refractivity contribution is 0.0265. The third-order valence-corrected chi connectivity index (χ3v) is 2.93. The van der Waals surface area contributed by atoms with E-state index in [2.05, 4.69) is 0 Å². The average Bonchev–Trinajstić information content (AvgIpc) is 2.15. The number of phenolic OH excluding ortho intramolecular Hbond substituents is 1. The zero-order valence-electron chi connectivity index (χ0n) is 10.1. The molecule has 2 atom stereocenters. The van der Waals surface area contributed by atoms with Crippen LogP contribution in [0.2, 0.25) is 0 Å². The lowest BCUT2D eigenvalue weighted by Crippen LogP contribution is -2.23. The highest BCUT2D eigenvalue weighted by molar-refractivity contribution is 5.40. The number of aromatic hydroxyl groups is 1. The van der Waals surface area contributed by atoms with E-state index in [1.807, 2.05) is 13.8 Å². The van der Waals surface area contributed by atoms with Crippen molar-refractivity contribution in [3.8, 4) is 5.75 Å². The van der Waals surface area contributed by atoms with Crippen LogP contribution in [0.1, 0.15) is 30.0 Å². The van der Waals surface area contributed by atoms with Gasteiger partial charge < -0.3 is 15.3 Å². The molecule has 0 aliphatic heterocycles. The van der Waals surface area contributed by atoms with E-state index in [-0.39, 0.29) is 5.75 Å². The molecule has 3 nitrogen and oxygen atoms in total. The molecule has 0 bridgehead atoms. The number of hydrogen-bond acceptors (Lipinski definition) is 3. The molecule has 0 aliphatic carbocycles. The summed E-state index contributed by atoms with van der Waals surface area (Å²) in [6.45, 7) is 5.47. The Morgan fingerprint density at radius 2 is 1.62 bits per heavy atom. The van der Waals surface area contributed by atoms with Crippen LogP contribution < -0.4 is 0 Å². The van der Waals surface area contributed by atoms with E-state index in [4.69, 9.17) is 0 Å². The maximum atomic E-state index is 9.52. The van der Waals surface area contributed by atoms with Gasteiger partial charge in [0.1, 0.15) is 5.75 Å². The van der Waals surface area contributed by atoms with Crippen LogP contribution in [0.3, 0.4) is 0 Å². The minimum absolute atomic E-state index is 0.273. The molecule has 16 heavy (non-hydrogen) atoms. The summed E-state index contributed by atoms with van der Waals surface area (Å²) in [4.78, 5) is 0. The molecule has 0 heterocycles. The Bertz CT molecular complexity index is 335. The van der Waals surface area contributed by atoms with Gasteiger partial charge in [-0.1, -0.05) is 0 Å². The van der Waals surface area contributed by atoms with Crippen LogP contribution in [0.25, 0.3) is 0 Å². The number of benzene rings is 1. The summed E-state index contributed by atoms with van der Waals surface area (Å²) in [6, 6.07) is 3.44. The van der Waals surface area contributed by atoms with E-state index in [9.17, 15) is 15.3 Å². The quantitative estimate of drug-likeness (QED) is 0.729. The number of hydrogen-bond donors (Lipinski definition) is 3. The molecule has 2 unspecified atom stereocenters. The predicted molar refractivity (Wildman–Crippen MR) is 63.6 cm³/mol. The Balaban J connectivity index is 2.74. The molecule has 1 rings (SSSR count). The van der Waals surface area contributed by atoms with E-state index >= 15 is 0 Å². The molecular weight excluding hydrogens is 204 g/mol. The molecule has 0 aromatic heterocycles. The van der Waals surface area contributed by atoms with Crippen molar-refractivity contribution in [1.29, 1.82) is 0 Å². The second-order valence-electron chi connectivity index (χ2n) is 4.40. The van der Waals surface area contributed by atoms with Gasteiger partial charge in [0.2, 0.25) is 0 Å². The number of aliphatic hydroxyl groups excluding tert-OH is 2. The average molecular weight is 224 g/mol. The van der Waals surface area contributed by atoms with Gasteiger partial charge in [-0.25, -0.2) is 0 Å². The molecule has 0 saturated heterocycles. The molecule has 0 saturated carbocycles. The maximum Gasteiger partial charge on any atom is 0.116 e. The highest BCUT2D eigenvalue weighted by atomic mass is 16.3. The number of phenols is 1. The Morgan fingerprint density at radius 1 is 1.12 bits per heavy atom. The van der Waals surface area contributed by atoms with E-state index in [0.29, 0.717) is 12.8 Å². The summed E-state index contributed by atoms with van der Waals surface area (Å²) in [7, 11) is 0. The Hall–Kier alpha value is -1.06. The minimum atomic E-state index is -0.697. The van der Waals surface area contributed by atoms with Crippen molar-refractivity contribution < 1.29 is 15.3 Å². The van der Waals surface area contributed by atoms with Crippen molar-refractivity contribution in [3.63, 3.8) is 0 Å². The first-order valence-corrected chi connectivity index (χ1v) is 5.57. The number of aryl methyl sites for hydroxylation is 2.